The predicted molar refractivity (Wildman–Crippen MR) is 74.4 cm³/mol. The summed E-state index contributed by atoms with van der Waals surface area (Å²) in [5.74, 6) is 0.512. The molecular formula is C14H17ClN2O. The Kier molecular flexibility index (Phi) is 4.53. The molecule has 1 N–H and O–H groups in total. The molecule has 0 fully saturated rings. The smallest absolute Gasteiger partial charge is 0.0762 e. The third-order valence-corrected chi connectivity index (χ3v) is 2.91. The van der Waals surface area contributed by atoms with Gasteiger partial charge in [0.1, 0.15) is 0 Å². The Morgan fingerprint density at radius 3 is 2.94 bits per heavy atom. The van der Waals surface area contributed by atoms with Crippen LogP contribution in [0.3, 0.4) is 0 Å². The molecule has 0 atom stereocenters. The fourth-order valence-corrected chi connectivity index (χ4v) is 1.91. The number of hydrogen-bond donors (Lipinski definition) is 1. The van der Waals surface area contributed by atoms with Gasteiger partial charge in [0.25, 0.3) is 0 Å². The molecule has 4 heteroatoms. The van der Waals surface area contributed by atoms with Gasteiger partial charge < -0.3 is 4.84 Å². The number of nitrogens with one attached hydrogen (secondary N) is 1. The van der Waals surface area contributed by atoms with Gasteiger partial charge in [-0.3, -0.25) is 4.98 Å². The summed E-state index contributed by atoms with van der Waals surface area (Å²) in [6, 6.07) is 7.73. The van der Waals surface area contributed by atoms with Crippen LogP contribution in [-0.4, -0.2) is 11.6 Å². The van der Waals surface area contributed by atoms with Crippen LogP contribution in [0.4, 0.5) is 0 Å². The summed E-state index contributed by atoms with van der Waals surface area (Å²) in [6.45, 7) is 5.54. The maximum Gasteiger partial charge on any atom is 0.0762 e. The highest BCUT2D eigenvalue weighted by Crippen LogP contribution is 2.24. The van der Waals surface area contributed by atoms with Crippen LogP contribution in [0.15, 0.2) is 30.5 Å². The second-order valence-corrected chi connectivity index (χ2v) is 5.04. The first-order valence-electron chi connectivity index (χ1n) is 6.05. The zero-order valence-electron chi connectivity index (χ0n) is 10.6. The maximum atomic E-state index is 6.14. The Balaban J connectivity index is 2.11. The fraction of sp³-hybridized carbons (Fsp3) is 0.357. The minimum Gasteiger partial charge on any atom is -0.301 e. The van der Waals surface area contributed by atoms with Gasteiger partial charge in [-0.1, -0.05) is 31.5 Å². The third-order valence-electron chi connectivity index (χ3n) is 2.58. The highest BCUT2D eigenvalue weighted by molar-refractivity contribution is 6.35. The standard InChI is InChI=1S/C14H17ClN2O/c1-10(2)9-18-17-8-11-5-6-13(15)12-4-3-7-16-14(11)12/h3-7,10,17H,8-9H2,1-2H3. The Bertz CT molecular complexity index is 528. The molecule has 0 saturated heterocycles. The average molecular weight is 265 g/mol. The molecular weight excluding hydrogens is 248 g/mol. The van der Waals surface area contributed by atoms with Crippen LogP contribution in [0.5, 0.6) is 0 Å². The summed E-state index contributed by atoms with van der Waals surface area (Å²) >= 11 is 6.14. The molecule has 0 saturated carbocycles. The molecule has 0 aliphatic carbocycles. The average Bonchev–Trinajstić information content (AvgIpc) is 2.37. The number of hydroxylamine groups is 1. The van der Waals surface area contributed by atoms with Crippen LogP contribution in [0.25, 0.3) is 10.9 Å². The molecule has 0 bridgehead atoms. The third kappa shape index (κ3) is 3.19. The van der Waals surface area contributed by atoms with Crippen molar-refractivity contribution < 1.29 is 4.84 Å². The number of fused-ring (bicyclic) bond motifs is 1. The van der Waals surface area contributed by atoms with Gasteiger partial charge in [-0.2, -0.15) is 5.48 Å². The van der Waals surface area contributed by atoms with Crippen molar-refractivity contribution in [2.45, 2.75) is 20.4 Å². The number of halogens is 1. The lowest BCUT2D eigenvalue weighted by molar-refractivity contribution is 0.0198. The first-order chi connectivity index (χ1) is 8.68. The minimum atomic E-state index is 0.512. The highest BCUT2D eigenvalue weighted by Gasteiger charge is 2.05. The van der Waals surface area contributed by atoms with Gasteiger partial charge in [-0.25, -0.2) is 0 Å². The largest absolute Gasteiger partial charge is 0.301 e. The molecule has 0 amide bonds. The molecule has 1 heterocycles. The maximum absolute atomic E-state index is 6.14. The van der Waals surface area contributed by atoms with E-state index in [2.05, 4.69) is 24.3 Å². The summed E-state index contributed by atoms with van der Waals surface area (Å²) in [4.78, 5) is 9.74. The SMILES string of the molecule is CC(C)CONCc1ccc(Cl)c2cccnc12. The molecule has 1 aromatic heterocycles. The van der Waals surface area contributed by atoms with Gasteiger partial charge in [0, 0.05) is 23.2 Å². The van der Waals surface area contributed by atoms with Crippen molar-refractivity contribution in [1.29, 1.82) is 0 Å². The van der Waals surface area contributed by atoms with Crippen LogP contribution in [0, 0.1) is 5.92 Å². The van der Waals surface area contributed by atoms with Gasteiger partial charge in [0.2, 0.25) is 0 Å². The summed E-state index contributed by atoms with van der Waals surface area (Å²) < 4.78 is 0. The van der Waals surface area contributed by atoms with E-state index in [9.17, 15) is 0 Å². The normalized spacial score (nSPS) is 11.3. The van der Waals surface area contributed by atoms with E-state index in [0.29, 0.717) is 19.1 Å². The second kappa shape index (κ2) is 6.14. The molecule has 18 heavy (non-hydrogen) atoms. The van der Waals surface area contributed by atoms with Crippen molar-refractivity contribution in [2.75, 3.05) is 6.61 Å². The molecule has 0 unspecified atom stereocenters. The van der Waals surface area contributed by atoms with E-state index < -0.39 is 0 Å². The van der Waals surface area contributed by atoms with Crippen LogP contribution in [0.2, 0.25) is 5.02 Å². The predicted octanol–water partition coefficient (Wildman–Crippen LogP) is 3.57. The van der Waals surface area contributed by atoms with Crippen molar-refractivity contribution in [3.05, 3.63) is 41.0 Å². The second-order valence-electron chi connectivity index (χ2n) is 4.63. The molecule has 2 aromatic rings. The van der Waals surface area contributed by atoms with Crippen molar-refractivity contribution in [1.82, 2.24) is 10.5 Å². The number of rotatable bonds is 5. The number of benzene rings is 1. The Morgan fingerprint density at radius 1 is 1.33 bits per heavy atom. The summed E-state index contributed by atoms with van der Waals surface area (Å²) in [5.41, 5.74) is 4.97. The van der Waals surface area contributed by atoms with Gasteiger partial charge in [0.05, 0.1) is 12.1 Å². The lowest BCUT2D eigenvalue weighted by atomic mass is 10.1. The Labute approximate surface area is 112 Å². The van der Waals surface area contributed by atoms with Crippen LogP contribution in [0.1, 0.15) is 19.4 Å². The Hall–Kier alpha value is -1.16. The molecule has 96 valence electrons. The van der Waals surface area contributed by atoms with E-state index in [4.69, 9.17) is 16.4 Å². The summed E-state index contributed by atoms with van der Waals surface area (Å²) in [5, 5.41) is 1.70. The van der Waals surface area contributed by atoms with Crippen molar-refractivity contribution in [3.63, 3.8) is 0 Å². The van der Waals surface area contributed by atoms with Crippen LogP contribution in [-0.2, 0) is 11.4 Å². The van der Waals surface area contributed by atoms with E-state index in [1.165, 1.54) is 0 Å². The first-order valence-corrected chi connectivity index (χ1v) is 6.43. The van der Waals surface area contributed by atoms with Crippen molar-refractivity contribution >= 4 is 22.5 Å². The zero-order valence-corrected chi connectivity index (χ0v) is 11.4. The molecule has 0 radical (unpaired) electrons. The molecule has 0 aliphatic rings. The van der Waals surface area contributed by atoms with E-state index in [1.54, 1.807) is 6.20 Å². The van der Waals surface area contributed by atoms with Gasteiger partial charge in [-0.15, -0.1) is 0 Å². The number of aromatic nitrogens is 1. The van der Waals surface area contributed by atoms with E-state index in [-0.39, 0.29) is 0 Å². The molecule has 0 aliphatic heterocycles. The van der Waals surface area contributed by atoms with Gasteiger partial charge in [0.15, 0.2) is 0 Å². The number of nitrogens with zero attached hydrogens (tertiary/aromatic N) is 1. The van der Waals surface area contributed by atoms with Gasteiger partial charge >= 0.3 is 0 Å². The summed E-state index contributed by atoms with van der Waals surface area (Å²) in [7, 11) is 0. The van der Waals surface area contributed by atoms with Crippen molar-refractivity contribution in [3.8, 4) is 0 Å². The summed E-state index contributed by atoms with van der Waals surface area (Å²) in [6.07, 6.45) is 1.77. The van der Waals surface area contributed by atoms with E-state index >= 15 is 0 Å². The topological polar surface area (TPSA) is 34.1 Å². The van der Waals surface area contributed by atoms with E-state index in [1.807, 2.05) is 24.3 Å². The molecule has 3 nitrogen and oxygen atoms in total. The fourth-order valence-electron chi connectivity index (χ4n) is 1.69. The Morgan fingerprint density at radius 2 is 2.17 bits per heavy atom. The highest BCUT2D eigenvalue weighted by atomic mass is 35.5. The van der Waals surface area contributed by atoms with Crippen LogP contribution < -0.4 is 5.48 Å². The first kappa shape index (κ1) is 13.3. The van der Waals surface area contributed by atoms with Gasteiger partial charge in [-0.05, 0) is 29.7 Å². The zero-order chi connectivity index (χ0) is 13.0. The molecule has 0 spiro atoms. The number of hydrogen-bond acceptors (Lipinski definition) is 3. The lowest BCUT2D eigenvalue weighted by Gasteiger charge is -2.10. The van der Waals surface area contributed by atoms with Crippen LogP contribution >= 0.6 is 11.6 Å². The molecule has 1 aromatic carbocycles. The molecule has 2 rings (SSSR count). The minimum absolute atomic E-state index is 0.512. The van der Waals surface area contributed by atoms with E-state index in [0.717, 1.165) is 21.5 Å². The monoisotopic (exact) mass is 264 g/mol. The number of pyridine rings is 1. The van der Waals surface area contributed by atoms with Crippen molar-refractivity contribution in [2.24, 2.45) is 5.92 Å². The quantitative estimate of drug-likeness (QED) is 0.662. The lowest BCUT2D eigenvalue weighted by Crippen LogP contribution is -2.17.